The molecule has 70 valence electrons. The number of hydrogen-bond acceptors (Lipinski definition) is 3. The van der Waals surface area contributed by atoms with Crippen molar-refractivity contribution in [2.45, 2.75) is 6.54 Å². The summed E-state index contributed by atoms with van der Waals surface area (Å²) in [7, 11) is 0. The molecular weight excluding hydrogens is 168 g/mol. The second-order valence-corrected chi connectivity index (χ2v) is 2.64. The summed E-state index contributed by atoms with van der Waals surface area (Å²) in [4.78, 5) is 0. The van der Waals surface area contributed by atoms with Gasteiger partial charge in [0, 0.05) is 5.56 Å². The zero-order chi connectivity index (χ0) is 9.84. The van der Waals surface area contributed by atoms with Crippen LogP contribution < -0.4 is 11.6 Å². The van der Waals surface area contributed by atoms with E-state index in [0.717, 1.165) is 5.01 Å². The van der Waals surface area contributed by atoms with Crippen LogP contribution in [-0.4, -0.2) is 16.1 Å². The van der Waals surface area contributed by atoms with Crippen LogP contribution in [0.25, 0.3) is 0 Å². The second-order valence-electron chi connectivity index (χ2n) is 2.64. The number of hydrazine groups is 1. The van der Waals surface area contributed by atoms with E-state index in [1.54, 1.807) is 24.3 Å². The minimum atomic E-state index is -0.233. The average molecular weight is 180 g/mol. The fraction of sp³-hybridized carbons (Fsp3) is 0.125. The number of guanidine groups is 1. The van der Waals surface area contributed by atoms with Crippen LogP contribution in [0, 0.1) is 5.41 Å². The molecule has 0 amide bonds. The predicted molar refractivity (Wildman–Crippen MR) is 49.8 cm³/mol. The molecule has 1 aromatic carbocycles. The molecular formula is C8H12N4O. The van der Waals surface area contributed by atoms with Crippen molar-refractivity contribution in [1.82, 2.24) is 5.01 Å². The Morgan fingerprint density at radius 2 is 2.08 bits per heavy atom. The van der Waals surface area contributed by atoms with Crippen LogP contribution in [0.3, 0.4) is 0 Å². The lowest BCUT2D eigenvalue weighted by molar-refractivity contribution is 0.404. The van der Waals surface area contributed by atoms with Crippen molar-refractivity contribution in [3.63, 3.8) is 0 Å². The van der Waals surface area contributed by atoms with Crippen LogP contribution in [0.5, 0.6) is 5.75 Å². The number of phenolic OH excluding ortho intramolecular Hbond substituents is 1. The molecule has 0 unspecified atom stereocenters. The molecule has 0 atom stereocenters. The summed E-state index contributed by atoms with van der Waals surface area (Å²) in [5, 5.41) is 17.4. The van der Waals surface area contributed by atoms with Gasteiger partial charge >= 0.3 is 0 Å². The zero-order valence-corrected chi connectivity index (χ0v) is 7.07. The van der Waals surface area contributed by atoms with E-state index in [1.807, 2.05) is 0 Å². The number of nitrogens with zero attached hydrogens (tertiary/aromatic N) is 1. The maximum absolute atomic E-state index is 9.35. The monoisotopic (exact) mass is 180 g/mol. The zero-order valence-electron chi connectivity index (χ0n) is 7.07. The number of nitrogens with two attached hydrogens (primary N) is 2. The van der Waals surface area contributed by atoms with Gasteiger partial charge in [-0.2, -0.15) is 0 Å². The minimum absolute atomic E-state index is 0.152. The first-order valence-corrected chi connectivity index (χ1v) is 3.74. The molecule has 0 spiro atoms. The molecule has 1 aromatic rings. The number of benzene rings is 1. The molecule has 0 saturated heterocycles. The van der Waals surface area contributed by atoms with Gasteiger partial charge in [0.1, 0.15) is 5.75 Å². The molecule has 1 rings (SSSR count). The Hall–Kier alpha value is -1.75. The Bertz CT molecular complexity index is 313. The Balaban J connectivity index is 2.74. The topological polar surface area (TPSA) is 99.4 Å². The van der Waals surface area contributed by atoms with E-state index in [1.165, 1.54) is 0 Å². The maximum Gasteiger partial charge on any atom is 0.203 e. The standard InChI is InChI=1S/C8H12N4O/c9-8(10)12(11)5-6-3-1-2-4-7(6)13/h1-4,13H,5,11H2,(H3,9,10). The number of hydrogen-bond donors (Lipinski definition) is 4. The SMILES string of the molecule is N=C(N)N(N)Cc1ccccc1O. The van der Waals surface area contributed by atoms with Gasteiger partial charge in [-0.15, -0.1) is 0 Å². The third-order valence-corrected chi connectivity index (χ3v) is 1.64. The van der Waals surface area contributed by atoms with Crippen LogP contribution >= 0.6 is 0 Å². The summed E-state index contributed by atoms with van der Waals surface area (Å²) >= 11 is 0. The number of rotatable bonds is 2. The van der Waals surface area contributed by atoms with Crippen molar-refractivity contribution >= 4 is 5.96 Å². The Morgan fingerprint density at radius 1 is 1.46 bits per heavy atom. The molecule has 0 heterocycles. The molecule has 0 saturated carbocycles. The van der Waals surface area contributed by atoms with Crippen molar-refractivity contribution in [1.29, 1.82) is 5.41 Å². The molecule has 0 aliphatic carbocycles. The van der Waals surface area contributed by atoms with Crippen molar-refractivity contribution < 1.29 is 5.11 Å². The summed E-state index contributed by atoms with van der Waals surface area (Å²) < 4.78 is 0. The van der Waals surface area contributed by atoms with E-state index >= 15 is 0 Å². The molecule has 0 fully saturated rings. The van der Waals surface area contributed by atoms with Gasteiger partial charge in [0.15, 0.2) is 0 Å². The highest BCUT2D eigenvalue weighted by atomic mass is 16.3. The predicted octanol–water partition coefficient (Wildman–Crippen LogP) is -0.0386. The second kappa shape index (κ2) is 3.77. The largest absolute Gasteiger partial charge is 0.508 e. The highest BCUT2D eigenvalue weighted by Crippen LogP contribution is 2.16. The van der Waals surface area contributed by atoms with Crippen LogP contribution in [-0.2, 0) is 6.54 Å². The summed E-state index contributed by atoms with van der Waals surface area (Å²) in [6.07, 6.45) is 0. The molecule has 5 nitrogen and oxygen atoms in total. The van der Waals surface area contributed by atoms with Gasteiger partial charge in [-0.05, 0) is 6.07 Å². The maximum atomic E-state index is 9.35. The van der Waals surface area contributed by atoms with Crippen LogP contribution in [0.15, 0.2) is 24.3 Å². The fourth-order valence-corrected chi connectivity index (χ4v) is 0.913. The van der Waals surface area contributed by atoms with Crippen molar-refractivity contribution in [3.05, 3.63) is 29.8 Å². The minimum Gasteiger partial charge on any atom is -0.508 e. The average Bonchev–Trinajstić information content (AvgIpc) is 2.08. The van der Waals surface area contributed by atoms with Gasteiger partial charge in [0.25, 0.3) is 0 Å². The van der Waals surface area contributed by atoms with Gasteiger partial charge in [0.2, 0.25) is 5.96 Å². The Kier molecular flexibility index (Phi) is 2.71. The number of phenols is 1. The first-order chi connectivity index (χ1) is 6.11. The first kappa shape index (κ1) is 9.34. The van der Waals surface area contributed by atoms with E-state index in [9.17, 15) is 5.11 Å². The molecule has 0 radical (unpaired) electrons. The van der Waals surface area contributed by atoms with E-state index in [4.69, 9.17) is 17.0 Å². The van der Waals surface area contributed by atoms with Crippen molar-refractivity contribution in [3.8, 4) is 5.75 Å². The Labute approximate surface area is 76.1 Å². The third-order valence-electron chi connectivity index (χ3n) is 1.64. The first-order valence-electron chi connectivity index (χ1n) is 3.74. The smallest absolute Gasteiger partial charge is 0.203 e. The number of nitrogens with one attached hydrogen (secondary N) is 1. The lowest BCUT2D eigenvalue weighted by atomic mass is 10.2. The number of aromatic hydroxyl groups is 1. The summed E-state index contributed by atoms with van der Waals surface area (Å²) in [6.45, 7) is 0.224. The highest BCUT2D eigenvalue weighted by Gasteiger charge is 2.04. The third kappa shape index (κ3) is 2.34. The van der Waals surface area contributed by atoms with E-state index in [0.29, 0.717) is 5.56 Å². The van der Waals surface area contributed by atoms with Gasteiger partial charge in [0.05, 0.1) is 6.54 Å². The quantitative estimate of drug-likeness (QED) is 0.222. The molecule has 0 aromatic heterocycles. The lowest BCUT2D eigenvalue weighted by Gasteiger charge is -2.16. The molecule has 0 aliphatic heterocycles. The van der Waals surface area contributed by atoms with E-state index < -0.39 is 0 Å². The van der Waals surface area contributed by atoms with E-state index in [2.05, 4.69) is 0 Å². The molecule has 0 aliphatic rings. The lowest BCUT2D eigenvalue weighted by Crippen LogP contribution is -2.41. The van der Waals surface area contributed by atoms with Crippen molar-refractivity contribution in [2.24, 2.45) is 11.6 Å². The van der Waals surface area contributed by atoms with Gasteiger partial charge in [-0.1, -0.05) is 18.2 Å². The van der Waals surface area contributed by atoms with Gasteiger partial charge in [-0.25, -0.2) is 5.84 Å². The van der Waals surface area contributed by atoms with E-state index in [-0.39, 0.29) is 18.3 Å². The Morgan fingerprint density at radius 3 is 2.62 bits per heavy atom. The molecule has 13 heavy (non-hydrogen) atoms. The van der Waals surface area contributed by atoms with Crippen LogP contribution in [0.1, 0.15) is 5.56 Å². The summed E-state index contributed by atoms with van der Waals surface area (Å²) in [5.41, 5.74) is 5.78. The summed E-state index contributed by atoms with van der Waals surface area (Å²) in [6, 6.07) is 6.78. The van der Waals surface area contributed by atoms with Gasteiger partial charge < -0.3 is 10.8 Å². The molecule has 5 heteroatoms. The highest BCUT2D eigenvalue weighted by molar-refractivity contribution is 5.73. The summed E-state index contributed by atoms with van der Waals surface area (Å²) in [5.74, 6) is 5.31. The van der Waals surface area contributed by atoms with Crippen molar-refractivity contribution in [2.75, 3.05) is 0 Å². The molecule has 0 bridgehead atoms. The van der Waals surface area contributed by atoms with Gasteiger partial charge in [-0.3, -0.25) is 10.4 Å². The normalized spacial score (nSPS) is 9.62. The van der Waals surface area contributed by atoms with Crippen LogP contribution in [0.2, 0.25) is 0 Å². The fourth-order valence-electron chi connectivity index (χ4n) is 0.913. The number of para-hydroxylation sites is 1. The van der Waals surface area contributed by atoms with Crippen LogP contribution in [0.4, 0.5) is 0 Å². The molecule has 6 N–H and O–H groups in total.